The van der Waals surface area contributed by atoms with E-state index in [4.69, 9.17) is 11.6 Å². The molecule has 6 nitrogen and oxygen atoms in total. The van der Waals surface area contributed by atoms with Gasteiger partial charge >= 0.3 is 0 Å². The second kappa shape index (κ2) is 9.70. The molecule has 0 saturated carbocycles. The molecule has 2 aromatic rings. The first-order chi connectivity index (χ1) is 12.8. The summed E-state index contributed by atoms with van der Waals surface area (Å²) in [5.74, 6) is -1.12. The van der Waals surface area contributed by atoms with Crippen molar-refractivity contribution < 1.29 is 14.4 Å². The first kappa shape index (κ1) is 21.2. The van der Waals surface area contributed by atoms with Crippen LogP contribution in [0.1, 0.15) is 34.6 Å². The van der Waals surface area contributed by atoms with Crippen LogP contribution in [0.25, 0.3) is 0 Å². The van der Waals surface area contributed by atoms with E-state index in [9.17, 15) is 14.4 Å². The topological polar surface area (TPSA) is 87.3 Å². The summed E-state index contributed by atoms with van der Waals surface area (Å²) in [5, 5.41) is 8.43. The van der Waals surface area contributed by atoms with E-state index in [0.29, 0.717) is 16.3 Å². The number of carbonyl (C=O) groups excluding carboxylic acids is 3. The van der Waals surface area contributed by atoms with Crippen molar-refractivity contribution in [3.05, 3.63) is 62.2 Å². The summed E-state index contributed by atoms with van der Waals surface area (Å²) in [5.41, 5.74) is 1.00. The van der Waals surface area contributed by atoms with Crippen LogP contribution in [-0.2, 0) is 4.79 Å². The molecule has 0 saturated heterocycles. The summed E-state index contributed by atoms with van der Waals surface area (Å²) >= 11 is 7.99. The number of hydrogen-bond acceptors (Lipinski definition) is 3. The fourth-order valence-corrected chi connectivity index (χ4v) is 2.95. The second-order valence-corrected chi connectivity index (χ2v) is 7.74. The molecule has 8 heteroatoms. The van der Waals surface area contributed by atoms with Gasteiger partial charge in [0.15, 0.2) is 0 Å². The van der Waals surface area contributed by atoms with E-state index in [2.05, 4.69) is 38.5 Å². The van der Waals surface area contributed by atoms with Crippen LogP contribution in [-0.4, -0.2) is 30.3 Å². The Bertz CT molecular complexity index is 871. The van der Waals surface area contributed by atoms with Crippen LogP contribution in [0.15, 0.2) is 42.5 Å². The minimum Gasteiger partial charge on any atom is -0.352 e. The number of carbonyl (C=O) groups is 3. The molecule has 142 valence electrons. The minimum atomic E-state index is -0.450. The van der Waals surface area contributed by atoms with Gasteiger partial charge in [0.1, 0.15) is 0 Å². The Labute approximate surface area is 176 Å². The fourth-order valence-electron chi connectivity index (χ4n) is 2.27. The Kier molecular flexibility index (Phi) is 7.61. The van der Waals surface area contributed by atoms with Crippen LogP contribution < -0.4 is 16.0 Å². The van der Waals surface area contributed by atoms with Gasteiger partial charge in [-0.2, -0.15) is 0 Å². The molecule has 0 unspecified atom stereocenters. The summed E-state index contributed by atoms with van der Waals surface area (Å²) in [4.78, 5) is 36.7. The van der Waals surface area contributed by atoms with E-state index in [1.807, 2.05) is 13.8 Å². The lowest BCUT2D eigenvalue weighted by atomic mass is 10.1. The SMILES string of the molecule is CC(C)NC(=O)CNC(=O)c1cc(I)ccc1NC(=O)c1cccc(Cl)c1. The third-order valence-corrected chi connectivity index (χ3v) is 4.33. The molecule has 27 heavy (non-hydrogen) atoms. The van der Waals surface area contributed by atoms with Crippen molar-refractivity contribution in [1.29, 1.82) is 0 Å². The quantitative estimate of drug-likeness (QED) is 0.532. The van der Waals surface area contributed by atoms with Gasteiger partial charge in [0.25, 0.3) is 11.8 Å². The van der Waals surface area contributed by atoms with Crippen LogP contribution in [0.3, 0.4) is 0 Å². The molecule has 0 radical (unpaired) electrons. The van der Waals surface area contributed by atoms with Gasteiger partial charge in [-0.15, -0.1) is 0 Å². The largest absolute Gasteiger partial charge is 0.352 e. The second-order valence-electron chi connectivity index (χ2n) is 6.06. The number of benzene rings is 2. The summed E-state index contributed by atoms with van der Waals surface area (Å²) in [6, 6.07) is 11.6. The van der Waals surface area contributed by atoms with E-state index in [0.717, 1.165) is 3.57 Å². The van der Waals surface area contributed by atoms with Crippen molar-refractivity contribution in [3.8, 4) is 0 Å². The van der Waals surface area contributed by atoms with Crippen molar-refractivity contribution in [2.75, 3.05) is 11.9 Å². The van der Waals surface area contributed by atoms with Crippen LogP contribution in [0.4, 0.5) is 5.69 Å². The van der Waals surface area contributed by atoms with Crippen LogP contribution >= 0.6 is 34.2 Å². The van der Waals surface area contributed by atoms with Gasteiger partial charge in [-0.05, 0) is 72.8 Å². The van der Waals surface area contributed by atoms with Crippen molar-refractivity contribution in [2.24, 2.45) is 0 Å². The standard InChI is InChI=1S/C19H19ClIN3O3/c1-11(2)23-17(25)10-22-19(27)15-9-14(21)6-7-16(15)24-18(26)12-4-3-5-13(20)8-12/h3-9,11H,10H2,1-2H3,(H,22,27)(H,23,25)(H,24,26). The van der Waals surface area contributed by atoms with Crippen molar-refractivity contribution >= 4 is 57.6 Å². The van der Waals surface area contributed by atoms with Crippen molar-refractivity contribution in [3.63, 3.8) is 0 Å². The third-order valence-electron chi connectivity index (χ3n) is 3.42. The lowest BCUT2D eigenvalue weighted by molar-refractivity contribution is -0.120. The summed E-state index contributed by atoms with van der Waals surface area (Å²) in [7, 11) is 0. The fraction of sp³-hybridized carbons (Fsp3) is 0.211. The van der Waals surface area contributed by atoms with Crippen LogP contribution in [0.5, 0.6) is 0 Å². The summed E-state index contributed by atoms with van der Waals surface area (Å²) in [6.07, 6.45) is 0. The normalized spacial score (nSPS) is 10.4. The highest BCUT2D eigenvalue weighted by Crippen LogP contribution is 2.20. The molecular formula is C19H19ClIN3O3. The molecule has 2 rings (SSSR count). The maximum Gasteiger partial charge on any atom is 0.255 e. The van der Waals surface area contributed by atoms with Gasteiger partial charge in [-0.25, -0.2) is 0 Å². The molecule has 0 aliphatic rings. The first-order valence-corrected chi connectivity index (χ1v) is 9.66. The number of halogens is 2. The Morgan fingerprint density at radius 2 is 1.81 bits per heavy atom. The number of anilines is 1. The molecule has 0 atom stereocenters. The lowest BCUT2D eigenvalue weighted by Gasteiger charge is -2.13. The van der Waals surface area contributed by atoms with Gasteiger partial charge in [0.2, 0.25) is 5.91 Å². The van der Waals surface area contributed by atoms with E-state index >= 15 is 0 Å². The number of nitrogens with one attached hydrogen (secondary N) is 3. The number of hydrogen-bond donors (Lipinski definition) is 3. The minimum absolute atomic E-state index is 0.0142. The Morgan fingerprint density at radius 1 is 1.07 bits per heavy atom. The van der Waals surface area contributed by atoms with E-state index in [-0.39, 0.29) is 30.0 Å². The molecule has 0 bridgehead atoms. The first-order valence-electron chi connectivity index (χ1n) is 8.20. The van der Waals surface area contributed by atoms with E-state index < -0.39 is 5.91 Å². The Morgan fingerprint density at radius 3 is 2.48 bits per heavy atom. The van der Waals surface area contributed by atoms with Gasteiger partial charge in [-0.1, -0.05) is 17.7 Å². The average Bonchev–Trinajstić information content (AvgIpc) is 2.60. The Balaban J connectivity index is 2.15. The molecule has 0 fully saturated rings. The van der Waals surface area contributed by atoms with Gasteiger partial charge in [0, 0.05) is 20.2 Å². The van der Waals surface area contributed by atoms with E-state index in [1.165, 1.54) is 0 Å². The molecule has 0 spiro atoms. The Hall–Kier alpha value is -2.13. The highest BCUT2D eigenvalue weighted by Gasteiger charge is 2.16. The smallest absolute Gasteiger partial charge is 0.255 e. The molecular weight excluding hydrogens is 481 g/mol. The maximum atomic E-state index is 12.5. The zero-order valence-electron chi connectivity index (χ0n) is 14.8. The molecule has 0 heterocycles. The predicted molar refractivity (Wildman–Crippen MR) is 114 cm³/mol. The molecule has 3 amide bonds. The van der Waals surface area contributed by atoms with Crippen molar-refractivity contribution in [1.82, 2.24) is 10.6 Å². The maximum absolute atomic E-state index is 12.5. The lowest BCUT2D eigenvalue weighted by Crippen LogP contribution is -2.40. The van der Waals surface area contributed by atoms with E-state index in [1.54, 1.807) is 42.5 Å². The molecule has 3 N–H and O–H groups in total. The molecule has 0 aliphatic heterocycles. The average molecular weight is 500 g/mol. The highest BCUT2D eigenvalue weighted by atomic mass is 127. The predicted octanol–water partition coefficient (Wildman–Crippen LogP) is 3.45. The van der Waals surface area contributed by atoms with Crippen molar-refractivity contribution in [2.45, 2.75) is 19.9 Å². The van der Waals surface area contributed by atoms with Gasteiger partial charge in [-0.3, -0.25) is 14.4 Å². The zero-order valence-corrected chi connectivity index (χ0v) is 17.7. The summed E-state index contributed by atoms with van der Waals surface area (Å²) in [6.45, 7) is 3.52. The number of rotatable bonds is 6. The molecule has 2 aromatic carbocycles. The molecule has 0 aliphatic carbocycles. The number of amides is 3. The zero-order chi connectivity index (χ0) is 20.0. The van der Waals surface area contributed by atoms with Gasteiger partial charge in [0.05, 0.1) is 17.8 Å². The monoisotopic (exact) mass is 499 g/mol. The highest BCUT2D eigenvalue weighted by molar-refractivity contribution is 14.1. The summed E-state index contributed by atoms with van der Waals surface area (Å²) < 4.78 is 0.824. The van der Waals surface area contributed by atoms with Crippen LogP contribution in [0, 0.1) is 3.57 Å². The van der Waals surface area contributed by atoms with Crippen LogP contribution in [0.2, 0.25) is 5.02 Å². The van der Waals surface area contributed by atoms with Gasteiger partial charge < -0.3 is 16.0 Å². The molecule has 0 aromatic heterocycles. The third kappa shape index (κ3) is 6.51.